The first-order chi connectivity index (χ1) is 9.52. The smallest absolute Gasteiger partial charge is 0.177 e. The van der Waals surface area contributed by atoms with Gasteiger partial charge in [0.25, 0.3) is 0 Å². The molecule has 0 unspecified atom stereocenters. The molecule has 1 N–H and O–H groups in total. The Hall–Kier alpha value is -1.39. The summed E-state index contributed by atoms with van der Waals surface area (Å²) < 4.78 is 0. The van der Waals surface area contributed by atoms with Crippen molar-refractivity contribution in [3.05, 3.63) is 28.8 Å². The second-order valence-corrected chi connectivity index (χ2v) is 7.33. The molecule has 0 spiro atoms. The summed E-state index contributed by atoms with van der Waals surface area (Å²) in [5.41, 5.74) is 1.59. The zero-order valence-electron chi connectivity index (χ0n) is 14.0. The third-order valence-electron chi connectivity index (χ3n) is 3.31. The van der Waals surface area contributed by atoms with Crippen LogP contribution in [-0.2, 0) is 16.1 Å². The molecule has 0 aromatic heterocycles. The van der Waals surface area contributed by atoms with Crippen molar-refractivity contribution in [2.24, 2.45) is 0 Å². The Labute approximate surface area is 127 Å². The van der Waals surface area contributed by atoms with Crippen molar-refractivity contribution >= 4 is 5.78 Å². The fourth-order valence-electron chi connectivity index (χ4n) is 2.30. The van der Waals surface area contributed by atoms with Gasteiger partial charge in [-0.3, -0.25) is 4.79 Å². The predicted octanol–water partition coefficient (Wildman–Crippen LogP) is 3.21. The molecule has 0 heterocycles. The van der Waals surface area contributed by atoms with Crippen LogP contribution in [0.1, 0.15) is 63.0 Å². The van der Waals surface area contributed by atoms with Gasteiger partial charge in [-0.1, -0.05) is 41.5 Å². The summed E-state index contributed by atoms with van der Waals surface area (Å²) in [5, 5.41) is 13.8. The number of nitrogens with one attached hydrogen (secondary N) is 1. The van der Waals surface area contributed by atoms with Crippen LogP contribution in [0.15, 0.2) is 6.07 Å². The summed E-state index contributed by atoms with van der Waals surface area (Å²) >= 11 is 0. The third kappa shape index (κ3) is 4.05. The number of rotatable bonds is 4. The zero-order chi connectivity index (χ0) is 16.4. The van der Waals surface area contributed by atoms with Crippen LogP contribution in [0.5, 0.6) is 5.75 Å². The summed E-state index contributed by atoms with van der Waals surface area (Å²) in [5.74, 6) is 0.131. The van der Waals surface area contributed by atoms with Crippen LogP contribution >= 0.6 is 0 Å². The number of Topliss-reactive ketones (excluding diaryl/α,β-unsaturated/α-hetero) is 1. The van der Waals surface area contributed by atoms with E-state index in [2.05, 4.69) is 16.3 Å². The summed E-state index contributed by atoms with van der Waals surface area (Å²) in [6.07, 6.45) is 0. The van der Waals surface area contributed by atoms with Crippen LogP contribution in [0.25, 0.3) is 0 Å². The molecule has 0 atom stereocenters. The Morgan fingerprint density at radius 2 is 1.76 bits per heavy atom. The monoisotopic (exact) mass is 291 g/mol. The fraction of sp³-hybridized carbons (Fsp3) is 0.588. The topological polar surface area (TPSA) is 58.2 Å². The van der Waals surface area contributed by atoms with Gasteiger partial charge in [0.15, 0.2) is 11.5 Å². The molecule has 21 heavy (non-hydrogen) atoms. The first-order valence-electron chi connectivity index (χ1n) is 7.11. The second kappa shape index (κ2) is 6.16. The molecule has 1 aromatic rings. The van der Waals surface area contributed by atoms with Crippen LogP contribution in [0.4, 0.5) is 0 Å². The van der Waals surface area contributed by atoms with E-state index in [9.17, 15) is 10.1 Å². The molecule has 2 radical (unpaired) electrons. The Kier molecular flexibility index (Phi) is 5.18. The number of ketones is 1. The van der Waals surface area contributed by atoms with Crippen LogP contribution in [0, 0.1) is 6.07 Å². The Morgan fingerprint density at radius 3 is 2.14 bits per heavy atom. The zero-order valence-corrected chi connectivity index (χ0v) is 14.0. The standard InChI is InChI=1S/C17H25NO3/c1-16(2,3)12-8-11(21-20)9-13(17(4,5)6)15(12)14(19)10-18-7/h8,18H,10H2,1-7H3. The average Bonchev–Trinajstić information content (AvgIpc) is 2.35. The second-order valence-electron chi connectivity index (χ2n) is 7.33. The van der Waals surface area contributed by atoms with Gasteiger partial charge in [0.2, 0.25) is 0 Å². The maximum atomic E-state index is 12.6. The third-order valence-corrected chi connectivity index (χ3v) is 3.31. The van der Waals surface area contributed by atoms with Gasteiger partial charge in [0.05, 0.1) is 6.54 Å². The highest BCUT2D eigenvalue weighted by Gasteiger charge is 2.30. The minimum absolute atomic E-state index is 0.000971. The molecule has 0 fully saturated rings. The highest BCUT2D eigenvalue weighted by atomic mass is 17.1. The molecule has 0 saturated heterocycles. The first-order valence-corrected chi connectivity index (χ1v) is 7.11. The molecule has 0 saturated carbocycles. The van der Waals surface area contributed by atoms with E-state index in [1.165, 1.54) is 0 Å². The van der Waals surface area contributed by atoms with Gasteiger partial charge in [0, 0.05) is 16.9 Å². The van der Waals surface area contributed by atoms with Crippen molar-refractivity contribution in [2.75, 3.05) is 13.6 Å². The number of carbonyl (C=O) groups is 1. The number of hydrogen-bond donors (Lipinski definition) is 1. The summed E-state index contributed by atoms with van der Waals surface area (Å²) in [6.45, 7) is 12.3. The van der Waals surface area contributed by atoms with Crippen LogP contribution in [0.2, 0.25) is 0 Å². The average molecular weight is 291 g/mol. The molecule has 0 aliphatic carbocycles. The van der Waals surface area contributed by atoms with Crippen LogP contribution < -0.4 is 10.2 Å². The van der Waals surface area contributed by atoms with E-state index in [0.29, 0.717) is 5.56 Å². The van der Waals surface area contributed by atoms with Crippen molar-refractivity contribution in [1.82, 2.24) is 5.32 Å². The van der Waals surface area contributed by atoms with E-state index in [1.807, 2.05) is 41.5 Å². The molecule has 4 heteroatoms. The van der Waals surface area contributed by atoms with E-state index >= 15 is 0 Å². The van der Waals surface area contributed by atoms with E-state index in [0.717, 1.165) is 11.1 Å². The van der Waals surface area contributed by atoms with Gasteiger partial charge in [-0.15, -0.1) is 0 Å². The minimum Gasteiger partial charge on any atom is -0.313 e. The van der Waals surface area contributed by atoms with Gasteiger partial charge in [0.1, 0.15) is 0 Å². The highest BCUT2D eigenvalue weighted by Crippen LogP contribution is 2.37. The first kappa shape index (κ1) is 17.7. The van der Waals surface area contributed by atoms with Gasteiger partial charge in [-0.25, -0.2) is 0 Å². The largest absolute Gasteiger partial charge is 0.313 e. The van der Waals surface area contributed by atoms with Gasteiger partial charge in [-0.05, 0) is 35.1 Å². The SMILES string of the molecule is CNCC(=O)c1c(C(C)(C)C)[c]c(O[O])cc1C(C)(C)C. The van der Waals surface area contributed by atoms with Crippen LogP contribution in [-0.4, -0.2) is 19.4 Å². The highest BCUT2D eigenvalue weighted by molar-refractivity contribution is 6.01. The lowest BCUT2D eigenvalue weighted by Crippen LogP contribution is -2.28. The maximum absolute atomic E-state index is 12.6. The Bertz CT molecular complexity index is 487. The van der Waals surface area contributed by atoms with E-state index in [-0.39, 0.29) is 28.9 Å². The lowest BCUT2D eigenvalue weighted by molar-refractivity contribution is -0.208. The quantitative estimate of drug-likeness (QED) is 0.526. The van der Waals surface area contributed by atoms with E-state index in [4.69, 9.17) is 0 Å². The molecule has 0 aliphatic heterocycles. The van der Waals surface area contributed by atoms with Gasteiger partial charge in [-0.2, -0.15) is 0 Å². The fourth-order valence-corrected chi connectivity index (χ4v) is 2.30. The molecular formula is C17H25NO3. The van der Waals surface area contributed by atoms with E-state index in [1.54, 1.807) is 13.1 Å². The maximum Gasteiger partial charge on any atom is 0.177 e. The number of hydrogen-bond acceptors (Lipinski definition) is 3. The van der Waals surface area contributed by atoms with Crippen molar-refractivity contribution < 1.29 is 14.9 Å². The van der Waals surface area contributed by atoms with Gasteiger partial charge >= 0.3 is 0 Å². The molecule has 0 amide bonds. The number of likely N-dealkylation sites (N-methyl/N-ethyl adjacent to an activating group) is 1. The lowest BCUT2D eigenvalue weighted by Gasteiger charge is -2.29. The molecule has 1 aromatic carbocycles. The Morgan fingerprint density at radius 1 is 1.19 bits per heavy atom. The summed E-state index contributed by atoms with van der Waals surface area (Å²) in [4.78, 5) is 16.7. The number of benzene rings is 1. The minimum atomic E-state index is -0.312. The summed E-state index contributed by atoms with van der Waals surface area (Å²) in [6, 6.07) is 4.60. The molecule has 0 bridgehead atoms. The Balaban J connectivity index is 3.72. The lowest BCUT2D eigenvalue weighted by atomic mass is 9.75. The molecule has 0 aliphatic rings. The van der Waals surface area contributed by atoms with E-state index < -0.39 is 0 Å². The molecule has 1 rings (SSSR count). The predicted molar refractivity (Wildman–Crippen MR) is 82.2 cm³/mol. The van der Waals surface area contributed by atoms with Crippen molar-refractivity contribution in [3.63, 3.8) is 0 Å². The van der Waals surface area contributed by atoms with Crippen molar-refractivity contribution in [2.45, 2.75) is 52.4 Å². The van der Waals surface area contributed by atoms with Crippen molar-refractivity contribution in [3.8, 4) is 5.75 Å². The number of carbonyl (C=O) groups excluding carboxylic acids is 1. The molecular weight excluding hydrogens is 266 g/mol. The normalized spacial score (nSPS) is 12.4. The van der Waals surface area contributed by atoms with Crippen LogP contribution in [0.3, 0.4) is 0 Å². The molecule has 4 nitrogen and oxygen atoms in total. The van der Waals surface area contributed by atoms with Crippen molar-refractivity contribution in [1.29, 1.82) is 0 Å². The van der Waals surface area contributed by atoms with Gasteiger partial charge < -0.3 is 10.2 Å². The molecule has 116 valence electrons. The summed E-state index contributed by atoms with van der Waals surface area (Å²) in [7, 11) is 1.74.